The summed E-state index contributed by atoms with van der Waals surface area (Å²) in [6.07, 6.45) is 3.60. The van der Waals surface area contributed by atoms with Crippen LogP contribution in [0, 0.1) is 0 Å². The molecule has 0 aliphatic heterocycles. The van der Waals surface area contributed by atoms with Gasteiger partial charge in [0.25, 0.3) is 0 Å². The number of hydrogen-bond donors (Lipinski definition) is 1. The van der Waals surface area contributed by atoms with E-state index in [4.69, 9.17) is 5.73 Å². The molecule has 0 radical (unpaired) electrons. The second kappa shape index (κ2) is 3.21. The van der Waals surface area contributed by atoms with Gasteiger partial charge in [0, 0.05) is 0 Å². The van der Waals surface area contributed by atoms with Gasteiger partial charge in [-0.05, 0) is 22.2 Å². The van der Waals surface area contributed by atoms with Crippen molar-refractivity contribution in [3.05, 3.63) is 10.8 Å². The molecule has 54 valence electrons. The summed E-state index contributed by atoms with van der Waals surface area (Å²) in [4.78, 5) is 7.98. The summed E-state index contributed by atoms with van der Waals surface area (Å²) in [6.45, 7) is 0. The maximum absolute atomic E-state index is 5.46. The van der Waals surface area contributed by atoms with Crippen LogP contribution in [0.1, 0.15) is 0 Å². The minimum atomic E-state index is 0.437. The number of nitrogens with two attached hydrogens (primary N) is 1. The van der Waals surface area contributed by atoms with Crippen molar-refractivity contribution in [1.82, 2.24) is 9.97 Å². The number of rotatable bonds is 1. The highest BCUT2D eigenvalue weighted by Gasteiger charge is 1.98. The Balaban J connectivity index is 3.04. The van der Waals surface area contributed by atoms with Gasteiger partial charge in [-0.15, -0.1) is 11.8 Å². The largest absolute Gasteiger partial charge is 0.381 e. The van der Waals surface area contributed by atoms with Crippen LogP contribution in [0.4, 0.5) is 5.82 Å². The molecule has 3 nitrogen and oxygen atoms in total. The van der Waals surface area contributed by atoms with Crippen molar-refractivity contribution in [2.24, 2.45) is 0 Å². The SMILES string of the molecule is CSc1cnc(Br)c(N)n1. The second-order valence-electron chi connectivity index (χ2n) is 1.59. The molecule has 1 aromatic rings. The van der Waals surface area contributed by atoms with E-state index in [2.05, 4.69) is 25.9 Å². The summed E-state index contributed by atoms with van der Waals surface area (Å²) in [7, 11) is 0. The molecule has 0 fully saturated rings. The van der Waals surface area contributed by atoms with Gasteiger partial charge >= 0.3 is 0 Å². The first-order chi connectivity index (χ1) is 4.74. The fourth-order valence-electron chi connectivity index (χ4n) is 0.470. The minimum Gasteiger partial charge on any atom is -0.381 e. The molecule has 0 aliphatic carbocycles. The molecular weight excluding hydrogens is 214 g/mol. The maximum atomic E-state index is 5.46. The van der Waals surface area contributed by atoms with Gasteiger partial charge in [0.05, 0.1) is 6.20 Å². The van der Waals surface area contributed by atoms with Crippen LogP contribution in [-0.2, 0) is 0 Å². The van der Waals surface area contributed by atoms with E-state index in [1.165, 1.54) is 11.8 Å². The van der Waals surface area contributed by atoms with E-state index in [1.807, 2.05) is 6.26 Å². The Morgan fingerprint density at radius 2 is 2.40 bits per heavy atom. The third-order valence-corrected chi connectivity index (χ3v) is 2.17. The van der Waals surface area contributed by atoms with E-state index in [0.717, 1.165) is 5.03 Å². The van der Waals surface area contributed by atoms with Crippen LogP contribution in [0.15, 0.2) is 15.8 Å². The molecule has 1 rings (SSSR count). The first-order valence-electron chi connectivity index (χ1n) is 2.56. The van der Waals surface area contributed by atoms with Gasteiger partial charge < -0.3 is 5.73 Å². The van der Waals surface area contributed by atoms with E-state index < -0.39 is 0 Å². The lowest BCUT2D eigenvalue weighted by Crippen LogP contribution is -1.94. The first-order valence-corrected chi connectivity index (χ1v) is 4.58. The summed E-state index contributed by atoms with van der Waals surface area (Å²) in [5.74, 6) is 0.437. The Hall–Kier alpha value is -0.290. The summed E-state index contributed by atoms with van der Waals surface area (Å²) < 4.78 is 0.602. The summed E-state index contributed by atoms with van der Waals surface area (Å²) >= 11 is 4.67. The van der Waals surface area contributed by atoms with Crippen molar-refractivity contribution >= 4 is 33.5 Å². The van der Waals surface area contributed by atoms with E-state index in [0.29, 0.717) is 10.4 Å². The van der Waals surface area contributed by atoms with Crippen molar-refractivity contribution in [3.8, 4) is 0 Å². The van der Waals surface area contributed by atoms with Gasteiger partial charge in [-0.1, -0.05) is 0 Å². The van der Waals surface area contributed by atoms with Crippen LogP contribution in [0.2, 0.25) is 0 Å². The van der Waals surface area contributed by atoms with E-state index in [-0.39, 0.29) is 0 Å². The molecule has 10 heavy (non-hydrogen) atoms. The normalized spacial score (nSPS) is 9.80. The number of halogens is 1. The van der Waals surface area contributed by atoms with Crippen molar-refractivity contribution in [2.45, 2.75) is 5.03 Å². The molecule has 0 aromatic carbocycles. The van der Waals surface area contributed by atoms with E-state index in [9.17, 15) is 0 Å². The van der Waals surface area contributed by atoms with Gasteiger partial charge in [-0.2, -0.15) is 0 Å². The molecule has 0 bridgehead atoms. The van der Waals surface area contributed by atoms with Crippen molar-refractivity contribution in [3.63, 3.8) is 0 Å². The van der Waals surface area contributed by atoms with Gasteiger partial charge in [0.15, 0.2) is 5.82 Å². The van der Waals surface area contributed by atoms with Gasteiger partial charge in [0.1, 0.15) is 9.63 Å². The average molecular weight is 220 g/mol. The lowest BCUT2D eigenvalue weighted by atomic mass is 10.7. The topological polar surface area (TPSA) is 51.8 Å². The second-order valence-corrected chi connectivity index (χ2v) is 3.17. The van der Waals surface area contributed by atoms with E-state index >= 15 is 0 Å². The fraction of sp³-hybridized carbons (Fsp3) is 0.200. The Bertz CT molecular complexity index is 240. The van der Waals surface area contributed by atoms with Gasteiger partial charge in [-0.25, -0.2) is 9.97 Å². The molecule has 1 aromatic heterocycles. The molecule has 0 spiro atoms. The zero-order valence-electron chi connectivity index (χ0n) is 5.34. The Kier molecular flexibility index (Phi) is 2.50. The molecular formula is C5H6BrN3S. The standard InChI is InChI=1S/C5H6BrN3S/c1-10-3-2-8-4(6)5(7)9-3/h2H,1H3,(H2,7,9). The average Bonchev–Trinajstić information content (AvgIpc) is 1.95. The highest BCUT2D eigenvalue weighted by Crippen LogP contribution is 2.17. The number of aromatic nitrogens is 2. The maximum Gasteiger partial charge on any atom is 0.157 e. The fourth-order valence-corrected chi connectivity index (χ4v) is 1.01. The molecule has 1 heterocycles. The lowest BCUT2D eigenvalue weighted by molar-refractivity contribution is 1.05. The predicted molar refractivity (Wildman–Crippen MR) is 45.9 cm³/mol. The molecule has 0 atom stereocenters. The number of hydrogen-bond acceptors (Lipinski definition) is 4. The van der Waals surface area contributed by atoms with E-state index in [1.54, 1.807) is 6.20 Å². The summed E-state index contributed by atoms with van der Waals surface area (Å²) in [5.41, 5.74) is 5.46. The van der Waals surface area contributed by atoms with Gasteiger partial charge in [0.2, 0.25) is 0 Å². The Morgan fingerprint density at radius 1 is 1.70 bits per heavy atom. The zero-order valence-corrected chi connectivity index (χ0v) is 7.74. The quantitative estimate of drug-likeness (QED) is 0.729. The number of nitrogens with zero attached hydrogens (tertiary/aromatic N) is 2. The Morgan fingerprint density at radius 3 is 2.90 bits per heavy atom. The minimum absolute atomic E-state index is 0.437. The molecule has 0 saturated carbocycles. The van der Waals surface area contributed by atoms with Crippen molar-refractivity contribution < 1.29 is 0 Å². The number of nitrogen functional groups attached to an aromatic ring is 1. The summed E-state index contributed by atoms with van der Waals surface area (Å²) in [6, 6.07) is 0. The highest BCUT2D eigenvalue weighted by molar-refractivity contribution is 9.10. The van der Waals surface area contributed by atoms with Crippen LogP contribution in [-0.4, -0.2) is 16.2 Å². The van der Waals surface area contributed by atoms with Crippen LogP contribution in [0.25, 0.3) is 0 Å². The number of anilines is 1. The predicted octanol–water partition coefficient (Wildman–Crippen LogP) is 1.54. The molecule has 0 unspecified atom stereocenters. The molecule has 0 saturated heterocycles. The summed E-state index contributed by atoms with van der Waals surface area (Å²) in [5, 5.41) is 0.834. The van der Waals surface area contributed by atoms with Crippen LogP contribution in [0.5, 0.6) is 0 Å². The van der Waals surface area contributed by atoms with Crippen LogP contribution in [0.3, 0.4) is 0 Å². The van der Waals surface area contributed by atoms with Crippen molar-refractivity contribution in [1.29, 1.82) is 0 Å². The number of thioether (sulfide) groups is 1. The van der Waals surface area contributed by atoms with Gasteiger partial charge in [-0.3, -0.25) is 0 Å². The highest BCUT2D eigenvalue weighted by atomic mass is 79.9. The third kappa shape index (κ3) is 1.60. The van der Waals surface area contributed by atoms with Crippen LogP contribution >= 0.6 is 27.7 Å². The zero-order chi connectivity index (χ0) is 7.56. The van der Waals surface area contributed by atoms with Crippen molar-refractivity contribution in [2.75, 3.05) is 12.0 Å². The molecule has 5 heteroatoms. The molecule has 2 N–H and O–H groups in total. The lowest BCUT2D eigenvalue weighted by Gasteiger charge is -1.97. The third-order valence-electron chi connectivity index (χ3n) is 0.939. The molecule has 0 aliphatic rings. The van der Waals surface area contributed by atoms with Crippen LogP contribution < -0.4 is 5.73 Å². The monoisotopic (exact) mass is 219 g/mol. The Labute approximate surface area is 71.6 Å². The molecule has 0 amide bonds. The smallest absolute Gasteiger partial charge is 0.157 e. The first kappa shape index (κ1) is 7.81.